The van der Waals surface area contributed by atoms with Gasteiger partial charge in [-0.05, 0) is 38.5 Å². The van der Waals surface area contributed by atoms with Crippen LogP contribution < -0.4 is 15.2 Å². The molecular weight excluding hydrogens is 299 g/mol. The van der Waals surface area contributed by atoms with E-state index in [4.69, 9.17) is 9.88 Å². The van der Waals surface area contributed by atoms with Gasteiger partial charge < -0.3 is 10.1 Å². The third kappa shape index (κ3) is 5.31. The number of hydrogen-bond donors (Lipinski definition) is 2. The van der Waals surface area contributed by atoms with Crippen molar-refractivity contribution in [1.82, 2.24) is 5.32 Å². The molecule has 0 spiro atoms. The topological polar surface area (TPSA) is 98.5 Å². The molecule has 21 heavy (non-hydrogen) atoms. The van der Waals surface area contributed by atoms with Crippen LogP contribution in [-0.2, 0) is 14.8 Å². The first-order valence-electron chi connectivity index (χ1n) is 6.31. The number of benzene rings is 1. The minimum absolute atomic E-state index is 0.216. The molecule has 0 saturated carbocycles. The Morgan fingerprint density at radius 3 is 2.52 bits per heavy atom. The van der Waals surface area contributed by atoms with Crippen LogP contribution >= 0.6 is 0 Å². The van der Waals surface area contributed by atoms with Crippen molar-refractivity contribution >= 4 is 15.9 Å². The molecule has 6 nitrogen and oxygen atoms in total. The number of halogens is 1. The number of primary sulfonamides is 1. The van der Waals surface area contributed by atoms with Crippen molar-refractivity contribution in [1.29, 1.82) is 0 Å². The number of amides is 1. The number of nitrogens with two attached hydrogens (primary N) is 1. The fraction of sp³-hybridized carbons (Fsp3) is 0.462. The molecule has 8 heteroatoms. The molecule has 1 rings (SSSR count). The normalized spacial score (nSPS) is 12.0. The van der Waals surface area contributed by atoms with Gasteiger partial charge in [-0.3, -0.25) is 4.79 Å². The third-order valence-electron chi connectivity index (χ3n) is 2.95. The Bertz CT molecular complexity index is 629. The molecule has 1 aromatic rings. The summed E-state index contributed by atoms with van der Waals surface area (Å²) in [7, 11) is -3.98. The molecule has 0 atom stereocenters. The Labute approximate surface area is 123 Å². The number of sulfonamides is 1. The predicted octanol–water partition coefficient (Wildman–Crippen LogP) is 1.16. The summed E-state index contributed by atoms with van der Waals surface area (Å²) in [6, 6.07) is 2.98. The molecule has 0 aliphatic carbocycles. The van der Waals surface area contributed by atoms with Gasteiger partial charge in [0.15, 0.2) is 18.2 Å². The first-order chi connectivity index (χ1) is 9.55. The highest BCUT2D eigenvalue weighted by Gasteiger charge is 2.18. The van der Waals surface area contributed by atoms with E-state index in [1.165, 1.54) is 0 Å². The van der Waals surface area contributed by atoms with Crippen LogP contribution in [0.15, 0.2) is 23.1 Å². The molecule has 1 aromatic carbocycles. The van der Waals surface area contributed by atoms with Crippen LogP contribution in [0.2, 0.25) is 0 Å². The lowest BCUT2D eigenvalue weighted by Gasteiger charge is -2.24. The second-order valence-electron chi connectivity index (χ2n) is 5.21. The zero-order valence-corrected chi connectivity index (χ0v) is 13.0. The number of carbonyl (C=O) groups excluding carboxylic acids is 1. The highest BCUT2D eigenvalue weighted by molar-refractivity contribution is 7.89. The Hall–Kier alpha value is -1.67. The molecule has 0 saturated heterocycles. The third-order valence-corrected chi connectivity index (χ3v) is 3.86. The van der Waals surface area contributed by atoms with E-state index in [9.17, 15) is 17.6 Å². The highest BCUT2D eigenvalue weighted by Crippen LogP contribution is 2.20. The van der Waals surface area contributed by atoms with Gasteiger partial charge in [-0.15, -0.1) is 0 Å². The summed E-state index contributed by atoms with van der Waals surface area (Å²) < 4.78 is 40.8. The fourth-order valence-corrected chi connectivity index (χ4v) is 1.95. The maximum Gasteiger partial charge on any atom is 0.258 e. The summed E-state index contributed by atoms with van der Waals surface area (Å²) in [5.41, 5.74) is -0.378. The van der Waals surface area contributed by atoms with Gasteiger partial charge in [0.1, 0.15) is 0 Å². The summed E-state index contributed by atoms with van der Waals surface area (Å²) in [5, 5.41) is 7.61. The summed E-state index contributed by atoms with van der Waals surface area (Å²) in [6.07, 6.45) is 0.732. The summed E-state index contributed by atoms with van der Waals surface area (Å²) in [4.78, 5) is 11.3. The highest BCUT2D eigenvalue weighted by atomic mass is 32.2. The maximum atomic E-state index is 13.7. The summed E-state index contributed by atoms with van der Waals surface area (Å²) in [5.74, 6) is -1.51. The lowest BCUT2D eigenvalue weighted by molar-refractivity contribution is -0.124. The fourth-order valence-electron chi connectivity index (χ4n) is 1.42. The van der Waals surface area contributed by atoms with Crippen LogP contribution in [0, 0.1) is 5.82 Å². The van der Waals surface area contributed by atoms with Gasteiger partial charge in [0.25, 0.3) is 5.91 Å². The van der Waals surface area contributed by atoms with Crippen molar-refractivity contribution in [2.75, 3.05) is 6.61 Å². The number of ether oxygens (including phenoxy) is 1. The average Bonchev–Trinajstić information content (AvgIpc) is 2.35. The monoisotopic (exact) mass is 318 g/mol. The molecule has 0 bridgehead atoms. The summed E-state index contributed by atoms with van der Waals surface area (Å²) in [6.45, 7) is 5.26. The van der Waals surface area contributed by atoms with Gasteiger partial charge in [0.05, 0.1) is 4.90 Å². The molecule has 0 unspecified atom stereocenters. The first kappa shape index (κ1) is 17.4. The van der Waals surface area contributed by atoms with Gasteiger partial charge in [-0.25, -0.2) is 17.9 Å². The number of carbonyl (C=O) groups is 1. The molecule has 1 amide bonds. The van der Waals surface area contributed by atoms with Crippen LogP contribution in [0.25, 0.3) is 0 Å². The van der Waals surface area contributed by atoms with Crippen LogP contribution in [-0.4, -0.2) is 26.5 Å². The van der Waals surface area contributed by atoms with Crippen molar-refractivity contribution in [3.05, 3.63) is 24.0 Å². The van der Waals surface area contributed by atoms with Gasteiger partial charge in [-0.1, -0.05) is 6.92 Å². The van der Waals surface area contributed by atoms with E-state index in [0.717, 1.165) is 24.6 Å². The van der Waals surface area contributed by atoms with Gasteiger partial charge in [0.2, 0.25) is 10.0 Å². The molecule has 0 aromatic heterocycles. The minimum atomic E-state index is -3.98. The van der Waals surface area contributed by atoms with E-state index in [1.54, 1.807) is 0 Å². The SMILES string of the molecule is CCC(C)(C)NC(=O)COc1ccc(S(N)(=O)=O)cc1F. The van der Waals surface area contributed by atoms with E-state index < -0.39 is 21.7 Å². The van der Waals surface area contributed by atoms with Crippen molar-refractivity contribution < 1.29 is 22.3 Å². The molecule has 0 fully saturated rings. The van der Waals surface area contributed by atoms with E-state index in [2.05, 4.69) is 5.32 Å². The van der Waals surface area contributed by atoms with Crippen LogP contribution in [0.1, 0.15) is 27.2 Å². The molecule has 0 aliphatic rings. The minimum Gasteiger partial charge on any atom is -0.481 e. The number of nitrogens with one attached hydrogen (secondary N) is 1. The molecule has 0 heterocycles. The van der Waals surface area contributed by atoms with Gasteiger partial charge in [-0.2, -0.15) is 0 Å². The average molecular weight is 318 g/mol. The predicted molar refractivity (Wildman–Crippen MR) is 75.8 cm³/mol. The second kappa shape index (κ2) is 6.40. The van der Waals surface area contributed by atoms with Gasteiger partial charge >= 0.3 is 0 Å². The smallest absolute Gasteiger partial charge is 0.258 e. The molecule has 3 N–H and O–H groups in total. The van der Waals surface area contributed by atoms with Crippen molar-refractivity contribution in [3.8, 4) is 5.75 Å². The quantitative estimate of drug-likeness (QED) is 0.822. The number of rotatable bonds is 6. The Kier molecular flexibility index (Phi) is 5.30. The Balaban J connectivity index is 2.71. The maximum absolute atomic E-state index is 13.7. The second-order valence-corrected chi connectivity index (χ2v) is 6.77. The van der Waals surface area contributed by atoms with Gasteiger partial charge in [0, 0.05) is 5.54 Å². The largest absolute Gasteiger partial charge is 0.481 e. The molecule has 0 aliphatic heterocycles. The Morgan fingerprint density at radius 1 is 1.43 bits per heavy atom. The lowest BCUT2D eigenvalue weighted by Crippen LogP contribution is -2.44. The van der Waals surface area contributed by atoms with Crippen molar-refractivity contribution in [2.45, 2.75) is 37.6 Å². The standard InChI is InChI=1S/C13H19FN2O4S/c1-4-13(2,3)16-12(17)8-20-11-6-5-9(7-10(11)14)21(15,18)19/h5-7H,4,8H2,1-3H3,(H,16,17)(H2,15,18,19). The van der Waals surface area contributed by atoms with E-state index in [1.807, 2.05) is 20.8 Å². The molecule has 0 radical (unpaired) electrons. The lowest BCUT2D eigenvalue weighted by atomic mass is 10.0. The zero-order chi connectivity index (χ0) is 16.3. The number of hydrogen-bond acceptors (Lipinski definition) is 4. The van der Waals surface area contributed by atoms with Crippen LogP contribution in [0.5, 0.6) is 5.75 Å². The van der Waals surface area contributed by atoms with E-state index in [0.29, 0.717) is 0 Å². The first-order valence-corrected chi connectivity index (χ1v) is 7.86. The van der Waals surface area contributed by atoms with Crippen molar-refractivity contribution in [2.24, 2.45) is 5.14 Å². The van der Waals surface area contributed by atoms with E-state index in [-0.39, 0.29) is 22.8 Å². The Morgan fingerprint density at radius 2 is 2.05 bits per heavy atom. The summed E-state index contributed by atoms with van der Waals surface area (Å²) >= 11 is 0. The van der Waals surface area contributed by atoms with Crippen LogP contribution in [0.3, 0.4) is 0 Å². The molecule has 118 valence electrons. The van der Waals surface area contributed by atoms with Crippen LogP contribution in [0.4, 0.5) is 4.39 Å². The zero-order valence-electron chi connectivity index (χ0n) is 12.1. The van der Waals surface area contributed by atoms with Crippen molar-refractivity contribution in [3.63, 3.8) is 0 Å². The van der Waals surface area contributed by atoms with E-state index >= 15 is 0 Å². The molecular formula is C13H19FN2O4S.